The smallest absolute Gasteiger partial charge is 0.243 e. The molecule has 21 heavy (non-hydrogen) atoms. The van der Waals surface area contributed by atoms with Crippen molar-refractivity contribution in [1.29, 1.82) is 0 Å². The van der Waals surface area contributed by atoms with E-state index in [1.54, 1.807) is 16.4 Å². The van der Waals surface area contributed by atoms with Crippen molar-refractivity contribution in [3.8, 4) is 0 Å². The van der Waals surface area contributed by atoms with E-state index in [0.29, 0.717) is 11.4 Å². The highest BCUT2D eigenvalue weighted by Crippen LogP contribution is 2.22. The van der Waals surface area contributed by atoms with Gasteiger partial charge in [0.05, 0.1) is 4.90 Å². The summed E-state index contributed by atoms with van der Waals surface area (Å²) in [7, 11) is 0.515. The lowest BCUT2D eigenvalue weighted by Gasteiger charge is -2.37. The number of likely N-dealkylation sites (N-methyl/N-ethyl adjacent to an activating group) is 1. The third-order valence-corrected chi connectivity index (χ3v) is 6.22. The van der Waals surface area contributed by atoms with Crippen LogP contribution in [0.5, 0.6) is 0 Å². The minimum absolute atomic E-state index is 0.00431. The van der Waals surface area contributed by atoms with Crippen LogP contribution in [0.25, 0.3) is 0 Å². The molecule has 1 aromatic rings. The number of rotatable bonds is 4. The van der Waals surface area contributed by atoms with Gasteiger partial charge in [-0.05, 0) is 45.6 Å². The summed E-state index contributed by atoms with van der Waals surface area (Å²) in [6.07, 6.45) is 0. The molecule has 0 bridgehead atoms. The van der Waals surface area contributed by atoms with Gasteiger partial charge in [0.15, 0.2) is 0 Å². The number of piperazine rings is 1. The van der Waals surface area contributed by atoms with Gasteiger partial charge in [0.2, 0.25) is 10.0 Å². The molecule has 0 aromatic heterocycles. The molecule has 1 aromatic carbocycles. The predicted molar refractivity (Wildman–Crippen MR) is 84.8 cm³/mol. The summed E-state index contributed by atoms with van der Waals surface area (Å²) in [5.74, 6) is 0. The SMILES string of the molecule is CNC(C)c1ccc(S(=O)(=O)N2CCN(C)CC2C)cc1. The molecule has 0 saturated carbocycles. The van der Waals surface area contributed by atoms with E-state index in [9.17, 15) is 8.42 Å². The Labute approximate surface area is 128 Å². The van der Waals surface area contributed by atoms with Crippen LogP contribution in [0, 0.1) is 0 Å². The normalized spacial score (nSPS) is 23.1. The minimum Gasteiger partial charge on any atom is -0.313 e. The molecule has 1 N–H and O–H groups in total. The lowest BCUT2D eigenvalue weighted by Crippen LogP contribution is -2.52. The van der Waals surface area contributed by atoms with Gasteiger partial charge in [0.25, 0.3) is 0 Å². The average Bonchev–Trinajstić information content (AvgIpc) is 2.46. The molecule has 2 atom stereocenters. The molecule has 0 radical (unpaired) electrons. The highest BCUT2D eigenvalue weighted by atomic mass is 32.2. The second-order valence-electron chi connectivity index (χ2n) is 5.81. The van der Waals surface area contributed by atoms with Gasteiger partial charge in [0, 0.05) is 31.7 Å². The third-order valence-electron chi connectivity index (χ3n) is 4.19. The summed E-state index contributed by atoms with van der Waals surface area (Å²) < 4.78 is 27.1. The van der Waals surface area contributed by atoms with E-state index >= 15 is 0 Å². The lowest BCUT2D eigenvalue weighted by atomic mass is 10.1. The van der Waals surface area contributed by atoms with Crippen molar-refractivity contribution in [1.82, 2.24) is 14.5 Å². The zero-order valence-electron chi connectivity index (χ0n) is 13.2. The van der Waals surface area contributed by atoms with Crippen molar-refractivity contribution in [3.63, 3.8) is 0 Å². The second kappa shape index (κ2) is 6.44. The summed E-state index contributed by atoms with van der Waals surface area (Å²) in [4.78, 5) is 2.54. The van der Waals surface area contributed by atoms with Crippen LogP contribution in [0.1, 0.15) is 25.5 Å². The fourth-order valence-corrected chi connectivity index (χ4v) is 4.32. The van der Waals surface area contributed by atoms with Gasteiger partial charge in [0.1, 0.15) is 0 Å². The molecule has 1 aliphatic heterocycles. The molecule has 1 fully saturated rings. The lowest BCUT2D eigenvalue weighted by molar-refractivity contribution is 0.170. The highest BCUT2D eigenvalue weighted by Gasteiger charge is 2.32. The van der Waals surface area contributed by atoms with Crippen molar-refractivity contribution in [2.75, 3.05) is 33.7 Å². The molecular weight excluding hydrogens is 286 g/mol. The summed E-state index contributed by atoms with van der Waals surface area (Å²) in [6, 6.07) is 7.41. The van der Waals surface area contributed by atoms with E-state index in [1.165, 1.54) is 0 Å². The first kappa shape index (κ1) is 16.4. The van der Waals surface area contributed by atoms with E-state index < -0.39 is 10.0 Å². The Morgan fingerprint density at radius 1 is 1.24 bits per heavy atom. The van der Waals surface area contributed by atoms with Crippen LogP contribution in [-0.2, 0) is 10.0 Å². The van der Waals surface area contributed by atoms with Gasteiger partial charge in [-0.1, -0.05) is 12.1 Å². The number of hydrogen-bond donors (Lipinski definition) is 1. The average molecular weight is 311 g/mol. The number of nitrogens with zero attached hydrogens (tertiary/aromatic N) is 2. The predicted octanol–water partition coefficient (Wildman–Crippen LogP) is 1.29. The quantitative estimate of drug-likeness (QED) is 0.910. The van der Waals surface area contributed by atoms with E-state index in [4.69, 9.17) is 0 Å². The molecule has 0 aliphatic carbocycles. The van der Waals surface area contributed by atoms with Crippen LogP contribution in [0.2, 0.25) is 0 Å². The molecule has 0 spiro atoms. The van der Waals surface area contributed by atoms with E-state index in [1.807, 2.05) is 40.1 Å². The topological polar surface area (TPSA) is 52.7 Å². The van der Waals surface area contributed by atoms with Crippen molar-refractivity contribution in [2.45, 2.75) is 30.8 Å². The Bertz CT molecular complexity index is 571. The van der Waals surface area contributed by atoms with Crippen LogP contribution in [0.4, 0.5) is 0 Å². The maximum atomic E-state index is 12.7. The van der Waals surface area contributed by atoms with E-state index in [0.717, 1.165) is 18.7 Å². The minimum atomic E-state index is -3.40. The molecule has 118 valence electrons. The first-order chi connectivity index (χ1) is 9.86. The molecule has 1 aliphatic rings. The van der Waals surface area contributed by atoms with Gasteiger partial charge in [-0.25, -0.2) is 8.42 Å². The molecule has 1 heterocycles. The molecular formula is C15H25N3O2S. The molecule has 6 heteroatoms. The van der Waals surface area contributed by atoms with Crippen molar-refractivity contribution in [3.05, 3.63) is 29.8 Å². The Hall–Kier alpha value is -0.950. The van der Waals surface area contributed by atoms with Crippen molar-refractivity contribution < 1.29 is 8.42 Å². The van der Waals surface area contributed by atoms with Gasteiger partial charge >= 0.3 is 0 Å². The number of benzene rings is 1. The summed E-state index contributed by atoms with van der Waals surface area (Å²) in [5, 5.41) is 3.15. The standard InChI is InChI=1S/C15H25N3O2S/c1-12-11-17(4)9-10-18(12)21(19,20)15-7-5-14(6-8-15)13(2)16-3/h5-8,12-13,16H,9-11H2,1-4H3. The number of nitrogens with one attached hydrogen (secondary N) is 1. The Balaban J connectivity index is 2.23. The summed E-state index contributed by atoms with van der Waals surface area (Å²) in [6.45, 7) is 6.11. The van der Waals surface area contributed by atoms with Crippen LogP contribution in [-0.4, -0.2) is 57.4 Å². The maximum Gasteiger partial charge on any atom is 0.243 e. The fourth-order valence-electron chi connectivity index (χ4n) is 2.71. The Kier molecular flexibility index (Phi) is 5.03. The van der Waals surface area contributed by atoms with Crippen molar-refractivity contribution in [2.24, 2.45) is 0 Å². The summed E-state index contributed by atoms with van der Waals surface area (Å²) >= 11 is 0. The molecule has 1 saturated heterocycles. The zero-order valence-corrected chi connectivity index (χ0v) is 14.0. The summed E-state index contributed by atoms with van der Waals surface area (Å²) in [5.41, 5.74) is 1.09. The number of sulfonamides is 1. The monoisotopic (exact) mass is 311 g/mol. The van der Waals surface area contributed by atoms with E-state index in [-0.39, 0.29) is 12.1 Å². The van der Waals surface area contributed by atoms with Crippen LogP contribution < -0.4 is 5.32 Å². The fraction of sp³-hybridized carbons (Fsp3) is 0.600. The van der Waals surface area contributed by atoms with E-state index in [2.05, 4.69) is 10.2 Å². The largest absolute Gasteiger partial charge is 0.313 e. The van der Waals surface area contributed by atoms with Gasteiger partial charge in [-0.3, -0.25) is 0 Å². The van der Waals surface area contributed by atoms with Gasteiger partial charge in [-0.2, -0.15) is 4.31 Å². The van der Waals surface area contributed by atoms with Gasteiger partial charge < -0.3 is 10.2 Å². The number of hydrogen-bond acceptors (Lipinski definition) is 4. The molecule has 2 rings (SSSR count). The Morgan fingerprint density at radius 3 is 2.38 bits per heavy atom. The molecule has 2 unspecified atom stereocenters. The first-order valence-electron chi connectivity index (χ1n) is 7.34. The second-order valence-corrected chi connectivity index (χ2v) is 7.70. The van der Waals surface area contributed by atoms with Crippen LogP contribution in [0.15, 0.2) is 29.2 Å². The van der Waals surface area contributed by atoms with Crippen LogP contribution >= 0.6 is 0 Å². The third kappa shape index (κ3) is 3.45. The molecule has 0 amide bonds. The zero-order chi connectivity index (χ0) is 15.6. The first-order valence-corrected chi connectivity index (χ1v) is 8.78. The Morgan fingerprint density at radius 2 is 1.86 bits per heavy atom. The van der Waals surface area contributed by atoms with Gasteiger partial charge in [-0.15, -0.1) is 0 Å². The van der Waals surface area contributed by atoms with Crippen molar-refractivity contribution >= 4 is 10.0 Å². The molecule has 5 nitrogen and oxygen atoms in total. The highest BCUT2D eigenvalue weighted by molar-refractivity contribution is 7.89. The maximum absolute atomic E-state index is 12.7. The van der Waals surface area contributed by atoms with Crippen LogP contribution in [0.3, 0.4) is 0 Å².